The number of carboxylic acid groups (broad SMARTS) is 1. The first kappa shape index (κ1) is 16.0. The Morgan fingerprint density at radius 2 is 2.24 bits per heavy atom. The first-order chi connectivity index (χ1) is 10.0. The molecule has 2 rings (SSSR count). The highest BCUT2D eigenvalue weighted by molar-refractivity contribution is 9.10. The van der Waals surface area contributed by atoms with Crippen molar-refractivity contribution < 1.29 is 9.90 Å². The van der Waals surface area contributed by atoms with Crippen molar-refractivity contribution in [2.75, 3.05) is 31.6 Å². The molecule has 1 aromatic carbocycles. The van der Waals surface area contributed by atoms with Gasteiger partial charge in [0, 0.05) is 36.2 Å². The fourth-order valence-corrected chi connectivity index (χ4v) is 3.30. The number of halogens is 1. The minimum atomic E-state index is -0.931. The summed E-state index contributed by atoms with van der Waals surface area (Å²) in [7, 11) is 2.18. The molecule has 0 saturated carbocycles. The third-order valence-corrected chi connectivity index (χ3v) is 4.61. The van der Waals surface area contributed by atoms with E-state index in [0.717, 1.165) is 42.2 Å². The Morgan fingerprint density at radius 3 is 2.86 bits per heavy atom. The summed E-state index contributed by atoms with van der Waals surface area (Å²) < 4.78 is 1.01. The van der Waals surface area contributed by atoms with Crippen molar-refractivity contribution >= 4 is 33.7 Å². The molecule has 1 atom stereocenters. The van der Waals surface area contributed by atoms with Crippen molar-refractivity contribution in [3.63, 3.8) is 0 Å². The monoisotopic (exact) mass is 352 g/mol. The van der Waals surface area contributed by atoms with Crippen molar-refractivity contribution in [2.24, 2.45) is 0 Å². The van der Waals surface area contributed by atoms with Crippen LogP contribution in [0.25, 0.3) is 6.08 Å². The molecule has 0 spiro atoms. The van der Waals surface area contributed by atoms with Gasteiger partial charge in [-0.15, -0.1) is 0 Å². The summed E-state index contributed by atoms with van der Waals surface area (Å²) in [6, 6.07) is 6.56. The molecule has 0 aliphatic carbocycles. The summed E-state index contributed by atoms with van der Waals surface area (Å²) in [6.45, 7) is 5.32. The molecule has 5 heteroatoms. The second-order valence-corrected chi connectivity index (χ2v) is 6.23. The van der Waals surface area contributed by atoms with E-state index in [1.807, 2.05) is 12.1 Å². The Balaban J connectivity index is 2.15. The van der Waals surface area contributed by atoms with Gasteiger partial charge in [-0.3, -0.25) is 4.90 Å². The van der Waals surface area contributed by atoms with Gasteiger partial charge in [0.15, 0.2) is 0 Å². The number of carboxylic acids is 1. The number of benzene rings is 1. The van der Waals surface area contributed by atoms with Crippen molar-refractivity contribution in [2.45, 2.75) is 19.4 Å². The number of carbonyl (C=O) groups is 1. The lowest BCUT2D eigenvalue weighted by Crippen LogP contribution is -2.51. The quantitative estimate of drug-likeness (QED) is 0.845. The topological polar surface area (TPSA) is 43.8 Å². The Bertz CT molecular complexity index is 545. The standard InChI is InChI=1S/C16H21BrN2O2/c1-3-13-11-19(9-8-18(13)2)15-6-4-12(10-14(15)17)5-7-16(20)21/h4-7,10,13H,3,8-9,11H2,1-2H3,(H,20,21)/b7-5+. The Morgan fingerprint density at radius 1 is 1.48 bits per heavy atom. The van der Waals surface area contributed by atoms with Crippen LogP contribution in [0.5, 0.6) is 0 Å². The van der Waals surface area contributed by atoms with Gasteiger partial charge in [-0.2, -0.15) is 0 Å². The minimum absolute atomic E-state index is 0.581. The highest BCUT2D eigenvalue weighted by Crippen LogP contribution is 2.29. The molecule has 4 nitrogen and oxygen atoms in total. The van der Waals surface area contributed by atoms with E-state index in [-0.39, 0.29) is 0 Å². The number of piperazine rings is 1. The first-order valence-corrected chi connectivity index (χ1v) is 7.96. The van der Waals surface area contributed by atoms with E-state index in [0.29, 0.717) is 6.04 Å². The van der Waals surface area contributed by atoms with Crippen LogP contribution in [0.3, 0.4) is 0 Å². The number of rotatable bonds is 4. The molecule has 1 aliphatic rings. The van der Waals surface area contributed by atoms with E-state index in [9.17, 15) is 4.79 Å². The van der Waals surface area contributed by atoms with Crippen LogP contribution in [0.15, 0.2) is 28.7 Å². The molecule has 1 N–H and O–H groups in total. The van der Waals surface area contributed by atoms with Gasteiger partial charge in [-0.05, 0) is 53.2 Å². The fourth-order valence-electron chi connectivity index (χ4n) is 2.66. The van der Waals surface area contributed by atoms with Gasteiger partial charge in [-0.1, -0.05) is 13.0 Å². The molecule has 0 radical (unpaired) electrons. The van der Waals surface area contributed by atoms with Crippen LogP contribution in [0.2, 0.25) is 0 Å². The van der Waals surface area contributed by atoms with E-state index in [2.05, 4.69) is 45.8 Å². The summed E-state index contributed by atoms with van der Waals surface area (Å²) in [5.41, 5.74) is 2.06. The number of nitrogens with zero attached hydrogens (tertiary/aromatic N) is 2. The maximum atomic E-state index is 10.6. The van der Waals surface area contributed by atoms with E-state index in [1.54, 1.807) is 6.08 Å². The largest absolute Gasteiger partial charge is 0.478 e. The summed E-state index contributed by atoms with van der Waals surface area (Å²) >= 11 is 3.61. The van der Waals surface area contributed by atoms with E-state index in [4.69, 9.17) is 5.11 Å². The average Bonchev–Trinajstić information content (AvgIpc) is 2.46. The molecule has 21 heavy (non-hydrogen) atoms. The molecule has 1 fully saturated rings. The maximum Gasteiger partial charge on any atom is 0.328 e. The average molecular weight is 353 g/mol. The Hall–Kier alpha value is -1.33. The van der Waals surface area contributed by atoms with Crippen LogP contribution in [-0.4, -0.2) is 48.7 Å². The molecular formula is C16H21BrN2O2. The van der Waals surface area contributed by atoms with Gasteiger partial charge in [-0.25, -0.2) is 4.79 Å². The van der Waals surface area contributed by atoms with E-state index < -0.39 is 5.97 Å². The number of anilines is 1. The molecule has 1 unspecified atom stereocenters. The van der Waals surface area contributed by atoms with Gasteiger partial charge in [0.2, 0.25) is 0 Å². The van der Waals surface area contributed by atoms with Crippen molar-refractivity contribution in [1.82, 2.24) is 4.90 Å². The third-order valence-electron chi connectivity index (χ3n) is 3.98. The zero-order valence-electron chi connectivity index (χ0n) is 12.4. The van der Waals surface area contributed by atoms with E-state index in [1.165, 1.54) is 5.69 Å². The molecule has 0 amide bonds. The van der Waals surface area contributed by atoms with Gasteiger partial charge in [0.05, 0.1) is 5.69 Å². The second kappa shape index (κ2) is 7.09. The zero-order chi connectivity index (χ0) is 15.4. The number of aliphatic carboxylic acids is 1. The van der Waals surface area contributed by atoms with Crippen LogP contribution in [-0.2, 0) is 4.79 Å². The van der Waals surface area contributed by atoms with Gasteiger partial charge >= 0.3 is 5.97 Å². The molecule has 114 valence electrons. The SMILES string of the molecule is CCC1CN(c2ccc(/C=C/C(=O)O)cc2Br)CCN1C. The first-order valence-electron chi connectivity index (χ1n) is 7.17. The molecule has 1 aliphatic heterocycles. The highest BCUT2D eigenvalue weighted by atomic mass is 79.9. The van der Waals surface area contributed by atoms with Gasteiger partial charge < -0.3 is 10.0 Å². The number of likely N-dealkylation sites (N-methyl/N-ethyl adjacent to an activating group) is 1. The van der Waals surface area contributed by atoms with Gasteiger partial charge in [0.1, 0.15) is 0 Å². The number of hydrogen-bond acceptors (Lipinski definition) is 3. The molecule has 1 aromatic rings. The van der Waals surface area contributed by atoms with Crippen LogP contribution >= 0.6 is 15.9 Å². The van der Waals surface area contributed by atoms with Crippen molar-refractivity contribution in [1.29, 1.82) is 0 Å². The predicted octanol–water partition coefficient (Wildman–Crippen LogP) is 3.08. The molecule has 1 heterocycles. The molecule has 0 bridgehead atoms. The zero-order valence-corrected chi connectivity index (χ0v) is 14.0. The van der Waals surface area contributed by atoms with Crippen molar-refractivity contribution in [3.05, 3.63) is 34.3 Å². The lowest BCUT2D eigenvalue weighted by molar-refractivity contribution is -0.131. The van der Waals surface area contributed by atoms with Crippen LogP contribution in [0.1, 0.15) is 18.9 Å². The van der Waals surface area contributed by atoms with Gasteiger partial charge in [0.25, 0.3) is 0 Å². The normalized spacial score (nSPS) is 20.1. The smallest absolute Gasteiger partial charge is 0.328 e. The van der Waals surface area contributed by atoms with E-state index >= 15 is 0 Å². The van der Waals surface area contributed by atoms with Crippen LogP contribution < -0.4 is 4.90 Å². The fraction of sp³-hybridized carbons (Fsp3) is 0.438. The maximum absolute atomic E-state index is 10.6. The Kier molecular flexibility index (Phi) is 5.42. The van der Waals surface area contributed by atoms with Crippen LogP contribution in [0, 0.1) is 0 Å². The lowest BCUT2D eigenvalue weighted by Gasteiger charge is -2.40. The Labute approximate surface area is 134 Å². The predicted molar refractivity (Wildman–Crippen MR) is 89.7 cm³/mol. The summed E-state index contributed by atoms with van der Waals surface area (Å²) in [6.07, 6.45) is 3.91. The number of hydrogen-bond donors (Lipinski definition) is 1. The minimum Gasteiger partial charge on any atom is -0.478 e. The second-order valence-electron chi connectivity index (χ2n) is 5.37. The summed E-state index contributed by atoms with van der Waals surface area (Å²) in [5.74, 6) is -0.931. The molecular weight excluding hydrogens is 332 g/mol. The summed E-state index contributed by atoms with van der Waals surface area (Å²) in [4.78, 5) is 15.4. The van der Waals surface area contributed by atoms with Crippen molar-refractivity contribution in [3.8, 4) is 0 Å². The highest BCUT2D eigenvalue weighted by Gasteiger charge is 2.23. The third kappa shape index (κ3) is 4.08. The summed E-state index contributed by atoms with van der Waals surface area (Å²) in [5, 5.41) is 8.67. The lowest BCUT2D eigenvalue weighted by atomic mass is 10.1. The molecule has 0 aromatic heterocycles. The molecule has 1 saturated heterocycles. The van der Waals surface area contributed by atoms with Crippen LogP contribution in [0.4, 0.5) is 5.69 Å².